The first-order valence-electron chi connectivity index (χ1n) is 12.4. The van der Waals surface area contributed by atoms with Crippen LogP contribution < -0.4 is 16.3 Å². The molecule has 3 N–H and O–H groups in total. The number of alkyl halides is 2. The Hall–Kier alpha value is -1.22. The van der Waals surface area contributed by atoms with E-state index < -0.39 is 71.9 Å². The van der Waals surface area contributed by atoms with Crippen molar-refractivity contribution in [3.05, 3.63) is 32.6 Å². The van der Waals surface area contributed by atoms with E-state index in [-0.39, 0.29) is 23.0 Å². The van der Waals surface area contributed by atoms with Crippen LogP contribution >= 0.6 is 42.7 Å². The van der Waals surface area contributed by atoms with Crippen LogP contribution in [0.3, 0.4) is 0 Å². The Morgan fingerprint density at radius 2 is 1.90 bits per heavy atom. The van der Waals surface area contributed by atoms with E-state index in [2.05, 4.69) is 10.1 Å². The maximum atomic E-state index is 13.6. The van der Waals surface area contributed by atoms with Crippen molar-refractivity contribution in [1.29, 1.82) is 0 Å². The topological polar surface area (TPSA) is 175 Å². The van der Waals surface area contributed by atoms with E-state index in [0.29, 0.717) is 0 Å². The molecule has 1 saturated heterocycles. The highest BCUT2D eigenvalue weighted by Gasteiger charge is 2.56. The summed E-state index contributed by atoms with van der Waals surface area (Å²) in [5, 5.41) is 13.1. The summed E-state index contributed by atoms with van der Waals surface area (Å²) in [5.41, 5.74) is -1.93. The van der Waals surface area contributed by atoms with Crippen molar-refractivity contribution in [3.63, 3.8) is 0 Å². The molecular weight excluding hydrogens is 612 g/mol. The van der Waals surface area contributed by atoms with Gasteiger partial charge in [0.15, 0.2) is 15.7 Å². The van der Waals surface area contributed by atoms with Crippen LogP contribution in [-0.2, 0) is 32.7 Å². The monoisotopic (exact) mass is 647 g/mol. The minimum atomic E-state index is -4.28. The summed E-state index contributed by atoms with van der Waals surface area (Å²) in [6.45, 7) is 10.6. The highest BCUT2D eigenvalue weighted by atomic mass is 35.5. The molecule has 0 bridgehead atoms. The second-order valence-corrected chi connectivity index (χ2v) is 14.8. The first-order valence-corrected chi connectivity index (χ1v) is 15.6. The van der Waals surface area contributed by atoms with Gasteiger partial charge in [0, 0.05) is 22.9 Å². The molecule has 17 heteroatoms. The Morgan fingerprint density at radius 1 is 1.27 bits per heavy atom. The van der Waals surface area contributed by atoms with Crippen LogP contribution in [0.4, 0.5) is 0 Å². The molecule has 2 heterocycles. The molecule has 2 rings (SSSR count). The molecule has 0 spiro atoms. The molecule has 0 aromatic carbocycles. The van der Waals surface area contributed by atoms with Crippen molar-refractivity contribution in [3.8, 4) is 0 Å². The number of aliphatic hydroxyl groups excluding tert-OH is 1. The third-order valence-corrected chi connectivity index (χ3v) is 9.21. The van der Waals surface area contributed by atoms with Crippen LogP contribution in [0.5, 0.6) is 0 Å². The Labute approximate surface area is 246 Å². The van der Waals surface area contributed by atoms with E-state index in [0.717, 1.165) is 16.3 Å². The van der Waals surface area contributed by atoms with Crippen molar-refractivity contribution in [1.82, 2.24) is 14.6 Å². The number of esters is 1. The normalized spacial score (nSPS) is 23.1. The first-order chi connectivity index (χ1) is 18.3. The molecule has 1 fully saturated rings. The number of aliphatic hydroxyl groups is 1. The Balaban J connectivity index is 2.19. The fraction of sp³-hybridized carbons (Fsp3) is 0.739. The molecule has 40 heavy (non-hydrogen) atoms. The van der Waals surface area contributed by atoms with Crippen molar-refractivity contribution >= 4 is 53.8 Å². The fourth-order valence-electron chi connectivity index (χ4n) is 3.28. The molecule has 0 saturated carbocycles. The van der Waals surface area contributed by atoms with Crippen molar-refractivity contribution < 1.29 is 37.8 Å². The molecule has 0 amide bonds. The summed E-state index contributed by atoms with van der Waals surface area (Å²) >= 11 is 13.7. The predicted molar refractivity (Wildman–Crippen MR) is 151 cm³/mol. The van der Waals surface area contributed by atoms with Crippen molar-refractivity contribution in [2.45, 2.75) is 83.4 Å². The third kappa shape index (κ3) is 9.14. The second-order valence-electron chi connectivity index (χ2n) is 10.5. The van der Waals surface area contributed by atoms with Gasteiger partial charge in [-0.1, -0.05) is 55.7 Å². The average Bonchev–Trinajstić information content (AvgIpc) is 3.05. The molecule has 1 aromatic rings. The third-order valence-electron chi connectivity index (χ3n) is 5.43. The molecule has 0 aliphatic carbocycles. The fourth-order valence-corrected chi connectivity index (χ4v) is 6.26. The maximum absolute atomic E-state index is 13.6. The van der Waals surface area contributed by atoms with E-state index in [9.17, 15) is 28.8 Å². The largest absolute Gasteiger partial charge is 0.462 e. The van der Waals surface area contributed by atoms with Gasteiger partial charge in [0.05, 0.1) is 19.3 Å². The first kappa shape index (κ1) is 35.0. The number of hydrogen-bond donors (Lipinski definition) is 3. The average molecular weight is 648 g/mol. The van der Waals surface area contributed by atoms with Gasteiger partial charge < -0.3 is 14.6 Å². The number of thioether (sulfide) groups is 1. The van der Waals surface area contributed by atoms with Gasteiger partial charge >= 0.3 is 19.4 Å². The van der Waals surface area contributed by atoms with Crippen LogP contribution in [0.25, 0.3) is 0 Å². The van der Waals surface area contributed by atoms with Gasteiger partial charge in [0.2, 0.25) is 0 Å². The van der Waals surface area contributed by atoms with Gasteiger partial charge in [0.25, 0.3) is 5.56 Å². The van der Waals surface area contributed by atoms with Gasteiger partial charge in [-0.2, -0.15) is 0 Å². The van der Waals surface area contributed by atoms with Gasteiger partial charge in [-0.3, -0.25) is 33.0 Å². The Kier molecular flexibility index (Phi) is 12.1. The number of aromatic nitrogens is 2. The summed E-state index contributed by atoms with van der Waals surface area (Å²) < 4.78 is 34.3. The standard InChI is InChI=1S/C23H36Cl2N3O10PS/c1-12(2)37-18(31)14(4)27-39(34,35-8-9-40-20(32)22(5,6)7)36-11-15-16(29)23(24,25)19(38-15)28-10-13(3)17(30)26-21(28)33/h10,12,14-16,19,29H,8-9,11H2,1-7H3,(H,27,34)(H,26,30,33)/t14-,15-,16-,19-,39-/m1/s1. The zero-order chi connectivity index (χ0) is 30.6. The highest BCUT2D eigenvalue weighted by molar-refractivity contribution is 8.13. The molecule has 0 unspecified atom stereocenters. The smallest absolute Gasteiger partial charge is 0.406 e. The number of H-pyrrole nitrogens is 1. The van der Waals surface area contributed by atoms with E-state index >= 15 is 0 Å². The van der Waals surface area contributed by atoms with Gasteiger partial charge in [0.1, 0.15) is 18.2 Å². The zero-order valence-corrected chi connectivity index (χ0v) is 26.5. The number of ether oxygens (including phenoxy) is 2. The zero-order valence-electron chi connectivity index (χ0n) is 23.3. The molecule has 0 radical (unpaired) electrons. The number of carbonyl (C=O) groups excluding carboxylic acids is 2. The molecule has 1 aliphatic heterocycles. The van der Waals surface area contributed by atoms with E-state index in [1.165, 1.54) is 20.0 Å². The van der Waals surface area contributed by atoms with Crippen LogP contribution in [0.1, 0.15) is 53.3 Å². The van der Waals surface area contributed by atoms with E-state index in [1.807, 2.05) is 0 Å². The number of hydrogen-bond acceptors (Lipinski definition) is 11. The van der Waals surface area contributed by atoms with Gasteiger partial charge in [-0.25, -0.2) is 14.4 Å². The highest BCUT2D eigenvalue weighted by Crippen LogP contribution is 2.49. The van der Waals surface area contributed by atoms with Crippen molar-refractivity contribution in [2.24, 2.45) is 5.41 Å². The lowest BCUT2D eigenvalue weighted by atomic mass is 10.00. The summed E-state index contributed by atoms with van der Waals surface area (Å²) in [4.78, 5) is 50.7. The SMILES string of the molecule is Cc1cn([C@@H]2O[C@H](CO[P@@](=O)(N[C@H](C)C(=O)OC(C)C)OCCSC(=O)C(C)(C)C)[C@@H](O)C2(Cl)Cl)c(=O)[nH]c1=O. The minimum Gasteiger partial charge on any atom is -0.462 e. The number of halogens is 2. The Morgan fingerprint density at radius 3 is 2.48 bits per heavy atom. The van der Waals surface area contributed by atoms with Crippen LogP contribution in [0.15, 0.2) is 15.8 Å². The maximum Gasteiger partial charge on any atom is 0.406 e. The van der Waals surface area contributed by atoms with E-state index in [1.54, 1.807) is 34.6 Å². The Bertz CT molecular complexity index is 1230. The van der Waals surface area contributed by atoms with Gasteiger partial charge in [-0.05, 0) is 27.7 Å². The van der Waals surface area contributed by atoms with Crippen LogP contribution in [-0.4, -0.2) is 73.4 Å². The number of aromatic amines is 1. The van der Waals surface area contributed by atoms with Crippen LogP contribution in [0.2, 0.25) is 0 Å². The summed E-state index contributed by atoms with van der Waals surface area (Å²) in [5.74, 6) is -0.577. The lowest BCUT2D eigenvalue weighted by Gasteiger charge is -2.25. The molecule has 1 aromatic heterocycles. The predicted octanol–water partition coefficient (Wildman–Crippen LogP) is 2.65. The summed E-state index contributed by atoms with van der Waals surface area (Å²) in [6.07, 6.45) is -3.66. The summed E-state index contributed by atoms with van der Waals surface area (Å²) in [6, 6.07) is -1.12. The second kappa shape index (κ2) is 13.8. The lowest BCUT2D eigenvalue weighted by molar-refractivity contribution is -0.149. The lowest BCUT2D eigenvalue weighted by Crippen LogP contribution is -2.42. The molecule has 228 valence electrons. The number of nitrogens with zero attached hydrogens (tertiary/aromatic N) is 1. The molecule has 5 atom stereocenters. The van der Waals surface area contributed by atoms with Crippen LogP contribution in [0, 0.1) is 12.3 Å². The quantitative estimate of drug-likeness (QED) is 0.131. The van der Waals surface area contributed by atoms with Crippen molar-refractivity contribution in [2.75, 3.05) is 19.0 Å². The molecular formula is C23H36Cl2N3O10PS. The number of rotatable bonds is 12. The molecule has 1 aliphatic rings. The summed E-state index contributed by atoms with van der Waals surface area (Å²) in [7, 11) is -4.28. The number of nitrogens with one attached hydrogen (secondary N) is 2. The number of carbonyl (C=O) groups is 2. The molecule has 13 nitrogen and oxygen atoms in total. The number of aryl methyl sites for hydroxylation is 1. The van der Waals surface area contributed by atoms with Gasteiger partial charge in [-0.15, -0.1) is 0 Å². The minimum absolute atomic E-state index is 0.101. The van der Waals surface area contributed by atoms with E-state index in [4.69, 9.17) is 41.7 Å².